The van der Waals surface area contributed by atoms with Crippen LogP contribution in [0.15, 0.2) is 52.9 Å². The van der Waals surface area contributed by atoms with E-state index in [1.165, 1.54) is 0 Å². The molecule has 0 amide bonds. The molecule has 0 aliphatic rings. The highest BCUT2D eigenvalue weighted by molar-refractivity contribution is 6.31. The molecule has 0 fully saturated rings. The predicted octanol–water partition coefficient (Wildman–Crippen LogP) is 4.22. The number of rotatable bonds is 7. The summed E-state index contributed by atoms with van der Waals surface area (Å²) in [6, 6.07) is 14.1. The lowest BCUT2D eigenvalue weighted by Gasteiger charge is -2.17. The lowest BCUT2D eigenvalue weighted by Crippen LogP contribution is -2.28. The highest BCUT2D eigenvalue weighted by atomic mass is 35.5. The number of benzene rings is 2. The van der Waals surface area contributed by atoms with Crippen LogP contribution in [-0.2, 0) is 9.53 Å². The number of fused-ring (bicyclic) bond motifs is 1. The van der Waals surface area contributed by atoms with Gasteiger partial charge in [0.1, 0.15) is 17.7 Å². The lowest BCUT2D eigenvalue weighted by molar-refractivity contribution is -0.149. The maximum absolute atomic E-state index is 11.8. The molecule has 3 rings (SSSR count). The topological polar surface area (TPSA) is 70.8 Å². The number of oxazole rings is 1. The van der Waals surface area contributed by atoms with Gasteiger partial charge in [0.05, 0.1) is 6.61 Å². The second-order valence-electron chi connectivity index (χ2n) is 5.08. The fourth-order valence-corrected chi connectivity index (χ4v) is 2.32. The summed E-state index contributed by atoms with van der Waals surface area (Å²) in [5.74, 6) is 0.110. The summed E-state index contributed by atoms with van der Waals surface area (Å²) in [5.41, 5.74) is 1.08. The Balaban J connectivity index is 1.78. The summed E-state index contributed by atoms with van der Waals surface area (Å²) in [4.78, 5) is 16.0. The third kappa shape index (κ3) is 4.64. The van der Waals surface area contributed by atoms with Gasteiger partial charge >= 0.3 is 12.0 Å². The monoisotopic (exact) mass is 361 g/mol. The Bertz CT molecular complexity index is 849. The van der Waals surface area contributed by atoms with Crippen molar-refractivity contribution in [2.75, 3.05) is 6.61 Å². The van der Waals surface area contributed by atoms with Gasteiger partial charge in [0.15, 0.2) is 5.58 Å². The molecule has 1 atom stereocenters. The molecule has 6 nitrogen and oxygen atoms in total. The Kier molecular flexibility index (Phi) is 5.40. The summed E-state index contributed by atoms with van der Waals surface area (Å²) in [6.45, 7) is 2.01. The van der Waals surface area contributed by atoms with Gasteiger partial charge in [-0.3, -0.25) is 4.79 Å². The Morgan fingerprint density at radius 2 is 2.00 bits per heavy atom. The fourth-order valence-electron chi connectivity index (χ4n) is 2.15. The average Bonchev–Trinajstić information content (AvgIpc) is 2.97. The van der Waals surface area contributed by atoms with E-state index in [2.05, 4.69) is 4.98 Å². The van der Waals surface area contributed by atoms with E-state index in [-0.39, 0.29) is 19.1 Å². The fraction of sp³-hybridized carbons (Fsp3) is 0.222. The van der Waals surface area contributed by atoms with E-state index < -0.39 is 12.3 Å². The van der Waals surface area contributed by atoms with Crippen LogP contribution in [0, 0.1) is 0 Å². The molecule has 0 saturated carbocycles. The minimum Gasteiger partial charge on any atom is -0.466 e. The van der Waals surface area contributed by atoms with Crippen LogP contribution < -0.4 is 9.47 Å². The molecule has 130 valence electrons. The van der Waals surface area contributed by atoms with Crippen LogP contribution in [0.2, 0.25) is 5.02 Å². The zero-order chi connectivity index (χ0) is 17.6. The first-order chi connectivity index (χ1) is 12.1. The number of carbonyl (C=O) groups excluding carboxylic acids is 1. The first kappa shape index (κ1) is 17.1. The van der Waals surface area contributed by atoms with Crippen molar-refractivity contribution in [3.8, 4) is 11.8 Å². The van der Waals surface area contributed by atoms with Gasteiger partial charge in [0, 0.05) is 11.1 Å². The zero-order valence-electron chi connectivity index (χ0n) is 13.5. The van der Waals surface area contributed by atoms with Gasteiger partial charge in [-0.05, 0) is 31.2 Å². The number of nitrogens with zero attached hydrogens (tertiary/aromatic N) is 1. The summed E-state index contributed by atoms with van der Waals surface area (Å²) < 4.78 is 21.8. The van der Waals surface area contributed by atoms with Gasteiger partial charge in [-0.15, -0.1) is 0 Å². The Morgan fingerprint density at radius 1 is 1.20 bits per heavy atom. The molecular formula is C18H16ClNO5. The molecule has 0 bridgehead atoms. The Morgan fingerprint density at radius 3 is 2.76 bits per heavy atom. The normalized spacial score (nSPS) is 11.9. The first-order valence-electron chi connectivity index (χ1n) is 7.74. The number of halogens is 1. The summed E-state index contributed by atoms with van der Waals surface area (Å²) in [6.07, 6.45) is -1.06. The van der Waals surface area contributed by atoms with Crippen LogP contribution >= 0.6 is 11.6 Å². The summed E-state index contributed by atoms with van der Waals surface area (Å²) in [5, 5.41) is 0.527. The first-order valence-corrected chi connectivity index (χ1v) is 8.12. The quantitative estimate of drug-likeness (QED) is 0.463. The number of carbonyl (C=O) groups is 1. The molecule has 2 aromatic carbocycles. The van der Waals surface area contributed by atoms with E-state index in [9.17, 15) is 4.79 Å². The number of para-hydroxylation sites is 1. The van der Waals surface area contributed by atoms with E-state index in [1.54, 1.807) is 37.3 Å². The van der Waals surface area contributed by atoms with Crippen molar-refractivity contribution in [3.05, 3.63) is 53.6 Å². The van der Waals surface area contributed by atoms with E-state index in [0.29, 0.717) is 21.9 Å². The van der Waals surface area contributed by atoms with Gasteiger partial charge in [0.25, 0.3) is 6.29 Å². The number of ether oxygens (including phenoxy) is 3. The van der Waals surface area contributed by atoms with Crippen LogP contribution in [0.1, 0.15) is 13.3 Å². The smallest absolute Gasteiger partial charge is 0.397 e. The van der Waals surface area contributed by atoms with Crippen molar-refractivity contribution in [3.63, 3.8) is 0 Å². The van der Waals surface area contributed by atoms with Gasteiger partial charge in [-0.1, -0.05) is 29.8 Å². The van der Waals surface area contributed by atoms with Gasteiger partial charge in [-0.25, -0.2) is 0 Å². The SMILES string of the molecule is CCOC(=O)CC(Oc1ccccc1)Oc1nc2ccc(Cl)cc2o1. The molecule has 1 aromatic heterocycles. The Labute approximate surface area is 149 Å². The van der Waals surface area contributed by atoms with Gasteiger partial charge in [0.2, 0.25) is 0 Å². The molecule has 1 heterocycles. The molecule has 0 N–H and O–H groups in total. The molecule has 0 aliphatic heterocycles. The third-order valence-corrected chi connectivity index (χ3v) is 3.45. The number of esters is 1. The molecular weight excluding hydrogens is 346 g/mol. The molecule has 0 saturated heterocycles. The van der Waals surface area contributed by atoms with Crippen molar-refractivity contribution < 1.29 is 23.4 Å². The Hall–Kier alpha value is -2.73. The van der Waals surface area contributed by atoms with E-state index in [0.717, 1.165) is 0 Å². The van der Waals surface area contributed by atoms with Crippen LogP contribution in [0.4, 0.5) is 0 Å². The number of aromatic nitrogens is 1. The minimum absolute atomic E-state index is 0.0116. The third-order valence-electron chi connectivity index (χ3n) is 3.21. The maximum atomic E-state index is 11.8. The van der Waals surface area contributed by atoms with Crippen molar-refractivity contribution >= 4 is 28.7 Å². The largest absolute Gasteiger partial charge is 0.466 e. The molecule has 0 aliphatic carbocycles. The van der Waals surface area contributed by atoms with Crippen molar-refractivity contribution in [1.82, 2.24) is 4.98 Å². The standard InChI is InChI=1S/C18H16ClNO5/c1-2-22-16(21)11-17(23-13-6-4-3-5-7-13)25-18-20-14-9-8-12(19)10-15(14)24-18/h3-10,17H,2,11H2,1H3. The van der Waals surface area contributed by atoms with E-state index >= 15 is 0 Å². The highest BCUT2D eigenvalue weighted by Gasteiger charge is 2.21. The van der Waals surface area contributed by atoms with Gasteiger partial charge < -0.3 is 18.6 Å². The minimum atomic E-state index is -0.940. The van der Waals surface area contributed by atoms with Crippen LogP contribution in [0.25, 0.3) is 11.1 Å². The summed E-state index contributed by atoms with van der Waals surface area (Å²) >= 11 is 5.93. The molecule has 7 heteroatoms. The number of hydrogen-bond donors (Lipinski definition) is 0. The average molecular weight is 362 g/mol. The second kappa shape index (κ2) is 7.90. The molecule has 0 spiro atoms. The van der Waals surface area contributed by atoms with Gasteiger partial charge in [-0.2, -0.15) is 4.98 Å². The lowest BCUT2D eigenvalue weighted by atomic mass is 10.3. The zero-order valence-corrected chi connectivity index (χ0v) is 14.2. The van der Waals surface area contributed by atoms with Crippen molar-refractivity contribution in [2.24, 2.45) is 0 Å². The van der Waals surface area contributed by atoms with Crippen LogP contribution in [-0.4, -0.2) is 23.9 Å². The van der Waals surface area contributed by atoms with Crippen molar-refractivity contribution in [1.29, 1.82) is 0 Å². The van der Waals surface area contributed by atoms with Crippen LogP contribution in [0.3, 0.4) is 0 Å². The van der Waals surface area contributed by atoms with Crippen LogP contribution in [0.5, 0.6) is 11.8 Å². The molecule has 25 heavy (non-hydrogen) atoms. The maximum Gasteiger partial charge on any atom is 0.397 e. The highest BCUT2D eigenvalue weighted by Crippen LogP contribution is 2.25. The number of hydrogen-bond acceptors (Lipinski definition) is 6. The second-order valence-corrected chi connectivity index (χ2v) is 5.52. The molecule has 1 unspecified atom stereocenters. The predicted molar refractivity (Wildman–Crippen MR) is 91.8 cm³/mol. The van der Waals surface area contributed by atoms with E-state index in [4.69, 9.17) is 30.2 Å². The van der Waals surface area contributed by atoms with Crippen molar-refractivity contribution in [2.45, 2.75) is 19.6 Å². The molecule has 3 aromatic rings. The molecule has 0 radical (unpaired) electrons. The summed E-state index contributed by atoms with van der Waals surface area (Å²) in [7, 11) is 0. The van der Waals surface area contributed by atoms with E-state index in [1.807, 2.05) is 18.2 Å².